The molecule has 4 nitrogen and oxygen atoms in total. The Morgan fingerprint density at radius 3 is 2.82 bits per heavy atom. The van der Waals surface area contributed by atoms with Gasteiger partial charge in [0.2, 0.25) is 0 Å². The second-order valence-electron chi connectivity index (χ2n) is 6.65. The summed E-state index contributed by atoms with van der Waals surface area (Å²) >= 11 is 0. The normalized spacial score (nSPS) is 23.6. The fraction of sp³-hybridized carbons (Fsp3) is 0.611. The zero-order valence-electron chi connectivity index (χ0n) is 13.4. The first kappa shape index (κ1) is 15.5. The number of methoxy groups -OCH3 is 1. The minimum atomic E-state index is -0.174. The number of hydrogen-bond acceptors (Lipinski definition) is 3. The second-order valence-corrected chi connectivity index (χ2v) is 6.65. The van der Waals surface area contributed by atoms with Gasteiger partial charge in [-0.05, 0) is 43.4 Å². The fourth-order valence-electron chi connectivity index (χ4n) is 3.92. The van der Waals surface area contributed by atoms with Crippen molar-refractivity contribution in [3.63, 3.8) is 0 Å². The van der Waals surface area contributed by atoms with Gasteiger partial charge in [0.05, 0.1) is 12.1 Å². The second kappa shape index (κ2) is 6.80. The first-order valence-electron chi connectivity index (χ1n) is 8.35. The van der Waals surface area contributed by atoms with E-state index in [1.165, 1.54) is 5.56 Å². The van der Waals surface area contributed by atoms with Crippen LogP contribution in [0.2, 0.25) is 0 Å². The van der Waals surface area contributed by atoms with Crippen LogP contribution in [0.25, 0.3) is 0 Å². The molecule has 1 aliphatic carbocycles. The maximum Gasteiger partial charge on any atom is 0.252 e. The monoisotopic (exact) mass is 302 g/mol. The molecule has 1 aromatic rings. The molecule has 0 bridgehead atoms. The van der Waals surface area contributed by atoms with Crippen LogP contribution in [0.5, 0.6) is 0 Å². The molecule has 1 saturated heterocycles. The lowest BCUT2D eigenvalue weighted by Crippen LogP contribution is -2.49. The SMILES string of the molecule is COCC1(NC(=O)c2ccccc2[C@H]2CCNC2)CCCC1. The van der Waals surface area contributed by atoms with E-state index in [4.69, 9.17) is 4.74 Å². The van der Waals surface area contributed by atoms with E-state index < -0.39 is 0 Å². The average Bonchev–Trinajstić information content (AvgIpc) is 3.19. The topological polar surface area (TPSA) is 50.4 Å². The molecule has 1 aromatic carbocycles. The van der Waals surface area contributed by atoms with Crippen LogP contribution in [0.15, 0.2) is 24.3 Å². The Morgan fingerprint density at radius 1 is 1.36 bits per heavy atom. The summed E-state index contributed by atoms with van der Waals surface area (Å²) in [4.78, 5) is 12.9. The van der Waals surface area contributed by atoms with Gasteiger partial charge in [0.15, 0.2) is 0 Å². The fourth-order valence-corrected chi connectivity index (χ4v) is 3.92. The first-order valence-corrected chi connectivity index (χ1v) is 8.35. The van der Waals surface area contributed by atoms with Crippen LogP contribution in [0, 0.1) is 0 Å². The molecule has 2 aliphatic rings. The van der Waals surface area contributed by atoms with Crippen LogP contribution in [0.4, 0.5) is 0 Å². The molecular weight excluding hydrogens is 276 g/mol. The van der Waals surface area contributed by atoms with Gasteiger partial charge >= 0.3 is 0 Å². The highest BCUT2D eigenvalue weighted by Crippen LogP contribution is 2.31. The van der Waals surface area contributed by atoms with Crippen molar-refractivity contribution in [1.82, 2.24) is 10.6 Å². The van der Waals surface area contributed by atoms with Gasteiger partial charge in [-0.15, -0.1) is 0 Å². The van der Waals surface area contributed by atoms with E-state index in [0.717, 1.165) is 50.8 Å². The smallest absolute Gasteiger partial charge is 0.252 e. The molecule has 1 aliphatic heterocycles. The molecule has 0 radical (unpaired) electrons. The number of carbonyl (C=O) groups is 1. The third kappa shape index (κ3) is 3.18. The summed E-state index contributed by atoms with van der Waals surface area (Å²) in [6.45, 7) is 2.60. The number of amides is 1. The maximum absolute atomic E-state index is 12.9. The van der Waals surface area contributed by atoms with Crippen molar-refractivity contribution in [3.05, 3.63) is 35.4 Å². The standard InChI is InChI=1S/C18H26N2O2/c1-22-13-18(9-4-5-10-18)20-17(21)16-7-3-2-6-15(16)14-8-11-19-12-14/h2-3,6-7,14,19H,4-5,8-13H2,1H3,(H,20,21)/t14-/m0/s1. The van der Waals surface area contributed by atoms with E-state index in [1.807, 2.05) is 18.2 Å². The Kier molecular flexibility index (Phi) is 4.79. The van der Waals surface area contributed by atoms with Gasteiger partial charge in [-0.2, -0.15) is 0 Å². The first-order chi connectivity index (χ1) is 10.7. The third-order valence-corrected chi connectivity index (χ3v) is 5.07. The van der Waals surface area contributed by atoms with E-state index in [0.29, 0.717) is 12.5 Å². The molecule has 1 saturated carbocycles. The molecule has 1 heterocycles. The highest BCUT2D eigenvalue weighted by atomic mass is 16.5. The quantitative estimate of drug-likeness (QED) is 0.878. The number of rotatable bonds is 5. The summed E-state index contributed by atoms with van der Waals surface area (Å²) < 4.78 is 5.37. The van der Waals surface area contributed by atoms with Crippen molar-refractivity contribution in [2.24, 2.45) is 0 Å². The van der Waals surface area contributed by atoms with Gasteiger partial charge in [-0.25, -0.2) is 0 Å². The summed E-state index contributed by atoms with van der Waals surface area (Å²) in [6, 6.07) is 8.05. The Bertz CT molecular complexity index is 518. The highest BCUT2D eigenvalue weighted by molar-refractivity contribution is 5.96. The minimum Gasteiger partial charge on any atom is -0.382 e. The number of hydrogen-bond donors (Lipinski definition) is 2. The van der Waals surface area contributed by atoms with Gasteiger partial charge in [0, 0.05) is 19.2 Å². The minimum absolute atomic E-state index is 0.0569. The molecule has 2 fully saturated rings. The van der Waals surface area contributed by atoms with Gasteiger partial charge in [-0.1, -0.05) is 31.0 Å². The van der Waals surface area contributed by atoms with Crippen LogP contribution in [-0.4, -0.2) is 38.3 Å². The number of benzene rings is 1. The molecule has 2 N–H and O–H groups in total. The van der Waals surface area contributed by atoms with Crippen LogP contribution < -0.4 is 10.6 Å². The number of ether oxygens (including phenoxy) is 1. The van der Waals surface area contributed by atoms with E-state index in [-0.39, 0.29) is 11.4 Å². The Hall–Kier alpha value is -1.39. The molecule has 22 heavy (non-hydrogen) atoms. The van der Waals surface area contributed by atoms with Gasteiger partial charge < -0.3 is 15.4 Å². The predicted molar refractivity (Wildman–Crippen MR) is 87.2 cm³/mol. The molecule has 4 heteroatoms. The largest absolute Gasteiger partial charge is 0.382 e. The van der Waals surface area contributed by atoms with Gasteiger partial charge in [-0.3, -0.25) is 4.79 Å². The summed E-state index contributed by atoms with van der Waals surface area (Å²) in [5, 5.41) is 6.68. The Labute approximate surface area is 132 Å². The van der Waals surface area contributed by atoms with E-state index >= 15 is 0 Å². The maximum atomic E-state index is 12.9. The Balaban J connectivity index is 1.79. The van der Waals surface area contributed by atoms with Crippen molar-refractivity contribution in [3.8, 4) is 0 Å². The highest BCUT2D eigenvalue weighted by Gasteiger charge is 2.36. The molecular formula is C18H26N2O2. The van der Waals surface area contributed by atoms with Crippen molar-refractivity contribution in [2.75, 3.05) is 26.8 Å². The lowest BCUT2D eigenvalue weighted by atomic mass is 9.92. The summed E-state index contributed by atoms with van der Waals surface area (Å²) in [7, 11) is 1.71. The van der Waals surface area contributed by atoms with Crippen molar-refractivity contribution < 1.29 is 9.53 Å². The summed E-state index contributed by atoms with van der Waals surface area (Å²) in [6.07, 6.45) is 5.46. The number of nitrogens with one attached hydrogen (secondary N) is 2. The van der Waals surface area contributed by atoms with Crippen LogP contribution in [-0.2, 0) is 4.74 Å². The van der Waals surface area contributed by atoms with Gasteiger partial charge in [0.1, 0.15) is 0 Å². The zero-order chi connectivity index (χ0) is 15.4. The molecule has 1 atom stereocenters. The van der Waals surface area contributed by atoms with Crippen molar-refractivity contribution in [1.29, 1.82) is 0 Å². The molecule has 0 aromatic heterocycles. The van der Waals surface area contributed by atoms with Crippen molar-refractivity contribution in [2.45, 2.75) is 43.6 Å². The van der Waals surface area contributed by atoms with Gasteiger partial charge in [0.25, 0.3) is 5.91 Å². The van der Waals surface area contributed by atoms with E-state index in [2.05, 4.69) is 16.7 Å². The van der Waals surface area contributed by atoms with Crippen LogP contribution in [0.1, 0.15) is 53.9 Å². The van der Waals surface area contributed by atoms with E-state index in [9.17, 15) is 4.79 Å². The molecule has 1 amide bonds. The summed E-state index contributed by atoms with van der Waals surface area (Å²) in [5.41, 5.74) is 1.83. The lowest BCUT2D eigenvalue weighted by molar-refractivity contribution is 0.0766. The van der Waals surface area contributed by atoms with Crippen molar-refractivity contribution >= 4 is 5.91 Å². The average molecular weight is 302 g/mol. The Morgan fingerprint density at radius 2 is 2.14 bits per heavy atom. The lowest BCUT2D eigenvalue weighted by Gasteiger charge is -2.30. The molecule has 120 valence electrons. The molecule has 0 unspecified atom stereocenters. The predicted octanol–water partition coefficient (Wildman–Crippen LogP) is 2.45. The van der Waals surface area contributed by atoms with Crippen LogP contribution in [0.3, 0.4) is 0 Å². The van der Waals surface area contributed by atoms with Crippen LogP contribution >= 0.6 is 0 Å². The number of carbonyl (C=O) groups excluding carboxylic acids is 1. The summed E-state index contributed by atoms with van der Waals surface area (Å²) in [5.74, 6) is 0.505. The molecule has 3 rings (SSSR count). The third-order valence-electron chi connectivity index (χ3n) is 5.07. The zero-order valence-corrected chi connectivity index (χ0v) is 13.4. The molecule has 0 spiro atoms. The van der Waals surface area contributed by atoms with E-state index in [1.54, 1.807) is 7.11 Å².